The zero-order chi connectivity index (χ0) is 9.26. The molecular weight excluding hydrogens is 178 g/mol. The second kappa shape index (κ2) is 3.30. The van der Waals surface area contributed by atoms with Gasteiger partial charge in [0.25, 0.3) is 0 Å². The average Bonchev–Trinajstić information content (AvgIpc) is 2.53. The molecule has 0 aliphatic heterocycles. The summed E-state index contributed by atoms with van der Waals surface area (Å²) in [4.78, 5) is 5.73. The summed E-state index contributed by atoms with van der Waals surface area (Å²) in [6.07, 6.45) is 0. The van der Waals surface area contributed by atoms with E-state index in [0.717, 1.165) is 11.4 Å². The highest BCUT2D eigenvalue weighted by atomic mass is 32.1. The number of aromatic nitrogens is 1. The molecule has 0 spiro atoms. The number of hydrogen-bond acceptors (Lipinski definition) is 2. The Kier molecular flexibility index (Phi) is 2.15. The molecule has 0 unspecified atom stereocenters. The van der Waals surface area contributed by atoms with E-state index in [0.29, 0.717) is 0 Å². The lowest BCUT2D eigenvalue weighted by Crippen LogP contribution is -1.86. The molecule has 2 heterocycles. The van der Waals surface area contributed by atoms with Crippen LogP contribution in [-0.2, 0) is 0 Å². The summed E-state index contributed by atoms with van der Waals surface area (Å²) in [5.41, 5.74) is 3.45. The second-order valence-corrected chi connectivity index (χ2v) is 4.10. The van der Waals surface area contributed by atoms with Crippen molar-refractivity contribution < 1.29 is 0 Å². The fourth-order valence-electron chi connectivity index (χ4n) is 1.39. The normalized spacial score (nSPS) is 10.3. The van der Waals surface area contributed by atoms with Crippen molar-refractivity contribution in [2.24, 2.45) is 0 Å². The van der Waals surface area contributed by atoms with E-state index in [1.165, 1.54) is 10.4 Å². The van der Waals surface area contributed by atoms with Crippen LogP contribution in [0.15, 0.2) is 29.6 Å². The SMILES string of the molecule is Cc1cc(C)nc(-c2cccs2)c1. The Morgan fingerprint density at radius 1 is 1.23 bits per heavy atom. The van der Waals surface area contributed by atoms with Gasteiger partial charge >= 0.3 is 0 Å². The molecule has 0 aliphatic rings. The van der Waals surface area contributed by atoms with Gasteiger partial charge in [-0.15, -0.1) is 11.3 Å². The zero-order valence-electron chi connectivity index (χ0n) is 7.74. The van der Waals surface area contributed by atoms with Gasteiger partial charge in [0, 0.05) is 5.69 Å². The highest BCUT2D eigenvalue weighted by Crippen LogP contribution is 2.23. The van der Waals surface area contributed by atoms with Crippen LogP contribution in [-0.4, -0.2) is 4.98 Å². The predicted molar refractivity (Wildman–Crippen MR) is 57.0 cm³/mol. The second-order valence-electron chi connectivity index (χ2n) is 3.15. The van der Waals surface area contributed by atoms with Crippen molar-refractivity contribution in [1.82, 2.24) is 4.98 Å². The molecule has 2 rings (SSSR count). The quantitative estimate of drug-likeness (QED) is 0.669. The van der Waals surface area contributed by atoms with Crippen LogP contribution < -0.4 is 0 Å². The molecule has 66 valence electrons. The van der Waals surface area contributed by atoms with E-state index in [1.807, 2.05) is 6.92 Å². The van der Waals surface area contributed by atoms with E-state index >= 15 is 0 Å². The number of thiophene rings is 1. The Bertz CT molecular complexity index is 384. The maximum absolute atomic E-state index is 4.49. The van der Waals surface area contributed by atoms with E-state index in [9.17, 15) is 0 Å². The summed E-state index contributed by atoms with van der Waals surface area (Å²) in [5.74, 6) is 0. The van der Waals surface area contributed by atoms with Crippen LogP contribution in [0.2, 0.25) is 0 Å². The monoisotopic (exact) mass is 189 g/mol. The third-order valence-electron chi connectivity index (χ3n) is 1.87. The molecule has 0 N–H and O–H groups in total. The summed E-state index contributed by atoms with van der Waals surface area (Å²) in [7, 11) is 0. The molecule has 0 amide bonds. The van der Waals surface area contributed by atoms with E-state index < -0.39 is 0 Å². The van der Waals surface area contributed by atoms with Gasteiger partial charge in [0.15, 0.2) is 0 Å². The molecule has 0 fully saturated rings. The van der Waals surface area contributed by atoms with Gasteiger partial charge in [0.1, 0.15) is 0 Å². The van der Waals surface area contributed by atoms with Gasteiger partial charge in [-0.1, -0.05) is 6.07 Å². The summed E-state index contributed by atoms with van der Waals surface area (Å²) >= 11 is 1.73. The molecule has 2 aromatic rings. The lowest BCUT2D eigenvalue weighted by Gasteiger charge is -2.00. The highest BCUT2D eigenvalue weighted by molar-refractivity contribution is 7.13. The van der Waals surface area contributed by atoms with Gasteiger partial charge in [0.2, 0.25) is 0 Å². The first-order valence-electron chi connectivity index (χ1n) is 4.25. The molecule has 0 saturated carbocycles. The molecule has 13 heavy (non-hydrogen) atoms. The van der Waals surface area contributed by atoms with Crippen LogP contribution in [0.1, 0.15) is 11.3 Å². The molecule has 2 heteroatoms. The van der Waals surface area contributed by atoms with Crippen molar-refractivity contribution in [3.05, 3.63) is 40.9 Å². The Balaban J connectivity index is 2.53. The minimum Gasteiger partial charge on any atom is -0.252 e. The van der Waals surface area contributed by atoms with Gasteiger partial charge in [-0.2, -0.15) is 0 Å². The van der Waals surface area contributed by atoms with Crippen molar-refractivity contribution >= 4 is 11.3 Å². The fraction of sp³-hybridized carbons (Fsp3) is 0.182. The smallest absolute Gasteiger partial charge is 0.0807 e. The van der Waals surface area contributed by atoms with Crippen LogP contribution in [0.5, 0.6) is 0 Å². The van der Waals surface area contributed by atoms with Crippen molar-refractivity contribution in [3.63, 3.8) is 0 Å². The minimum absolute atomic E-state index is 1.09. The molecule has 0 saturated heterocycles. The number of hydrogen-bond donors (Lipinski definition) is 0. The Morgan fingerprint density at radius 3 is 2.69 bits per heavy atom. The maximum atomic E-state index is 4.49. The van der Waals surface area contributed by atoms with E-state index in [2.05, 4.69) is 41.6 Å². The number of rotatable bonds is 1. The van der Waals surface area contributed by atoms with E-state index in [-0.39, 0.29) is 0 Å². The van der Waals surface area contributed by atoms with E-state index in [1.54, 1.807) is 11.3 Å². The summed E-state index contributed by atoms with van der Waals surface area (Å²) < 4.78 is 0. The van der Waals surface area contributed by atoms with Crippen LogP contribution in [0.3, 0.4) is 0 Å². The van der Waals surface area contributed by atoms with Crippen LogP contribution >= 0.6 is 11.3 Å². The maximum Gasteiger partial charge on any atom is 0.0807 e. The van der Waals surface area contributed by atoms with Gasteiger partial charge in [-0.05, 0) is 43.0 Å². The van der Waals surface area contributed by atoms with Crippen molar-refractivity contribution in [3.8, 4) is 10.6 Å². The summed E-state index contributed by atoms with van der Waals surface area (Å²) in [5, 5.41) is 2.08. The minimum atomic E-state index is 1.09. The first kappa shape index (κ1) is 8.45. The average molecular weight is 189 g/mol. The molecule has 2 aromatic heterocycles. The number of nitrogens with zero attached hydrogens (tertiary/aromatic N) is 1. The zero-order valence-corrected chi connectivity index (χ0v) is 8.56. The van der Waals surface area contributed by atoms with Crippen LogP contribution in [0.4, 0.5) is 0 Å². The third kappa shape index (κ3) is 1.78. The molecule has 0 atom stereocenters. The fourth-order valence-corrected chi connectivity index (χ4v) is 2.08. The molecular formula is C11H11NS. The highest BCUT2D eigenvalue weighted by Gasteiger charge is 2.00. The molecule has 0 aromatic carbocycles. The lowest BCUT2D eigenvalue weighted by molar-refractivity contribution is 1.19. The van der Waals surface area contributed by atoms with Crippen molar-refractivity contribution in [1.29, 1.82) is 0 Å². The lowest BCUT2D eigenvalue weighted by atomic mass is 10.2. The summed E-state index contributed by atoms with van der Waals surface area (Å²) in [6, 6.07) is 8.38. The van der Waals surface area contributed by atoms with Crippen molar-refractivity contribution in [2.75, 3.05) is 0 Å². The Labute approximate surface area is 82.1 Å². The van der Waals surface area contributed by atoms with Gasteiger partial charge in [0.05, 0.1) is 10.6 Å². The number of pyridine rings is 1. The Morgan fingerprint density at radius 2 is 2.08 bits per heavy atom. The van der Waals surface area contributed by atoms with Gasteiger partial charge in [-0.3, -0.25) is 4.98 Å². The first-order chi connectivity index (χ1) is 6.25. The Hall–Kier alpha value is -1.15. The first-order valence-corrected chi connectivity index (χ1v) is 5.13. The predicted octanol–water partition coefficient (Wildman–Crippen LogP) is 3.43. The molecule has 1 nitrogen and oxygen atoms in total. The van der Waals surface area contributed by atoms with Crippen LogP contribution in [0, 0.1) is 13.8 Å². The number of aryl methyl sites for hydroxylation is 2. The van der Waals surface area contributed by atoms with E-state index in [4.69, 9.17) is 0 Å². The molecule has 0 radical (unpaired) electrons. The topological polar surface area (TPSA) is 12.9 Å². The largest absolute Gasteiger partial charge is 0.252 e. The molecule has 0 bridgehead atoms. The molecule has 0 aliphatic carbocycles. The van der Waals surface area contributed by atoms with Crippen LogP contribution in [0.25, 0.3) is 10.6 Å². The standard InChI is InChI=1S/C11H11NS/c1-8-6-9(2)12-10(7-8)11-4-3-5-13-11/h3-7H,1-2H3. The third-order valence-corrected chi connectivity index (χ3v) is 2.76. The van der Waals surface area contributed by atoms with Gasteiger partial charge < -0.3 is 0 Å². The van der Waals surface area contributed by atoms with Crippen molar-refractivity contribution in [2.45, 2.75) is 13.8 Å². The van der Waals surface area contributed by atoms with Gasteiger partial charge in [-0.25, -0.2) is 0 Å². The summed E-state index contributed by atoms with van der Waals surface area (Å²) in [6.45, 7) is 4.13.